The smallest absolute Gasteiger partial charge is 0.326 e. The molecule has 0 aromatic carbocycles. The Bertz CT molecular complexity index is 574. The fraction of sp³-hybridized carbons (Fsp3) is 0.667. The van der Waals surface area contributed by atoms with E-state index in [9.17, 15) is 24.0 Å². The van der Waals surface area contributed by atoms with Crippen molar-refractivity contribution in [2.75, 3.05) is 25.2 Å². The summed E-state index contributed by atoms with van der Waals surface area (Å²) in [5.41, 5.74) is 5.29. The van der Waals surface area contributed by atoms with Crippen molar-refractivity contribution in [3.05, 3.63) is 0 Å². The Kier molecular flexibility index (Phi) is 12.6. The van der Waals surface area contributed by atoms with Gasteiger partial charge in [-0.3, -0.25) is 19.2 Å². The molecule has 0 spiro atoms. The number of nitrogens with one attached hydrogen (secondary N) is 3. The minimum absolute atomic E-state index is 0.189. The number of aliphatic hydroxyl groups excluding tert-OH is 1. The number of rotatable bonds is 14. The number of hydrogen-bond donors (Lipinski definition) is 7. The lowest BCUT2D eigenvalue weighted by molar-refractivity contribution is -0.143. The van der Waals surface area contributed by atoms with E-state index in [0.717, 1.165) is 0 Å². The van der Waals surface area contributed by atoms with Crippen molar-refractivity contribution >= 4 is 41.4 Å². The third kappa shape index (κ3) is 10.7. The Hall–Kier alpha value is -2.38. The minimum atomic E-state index is -1.42. The predicted molar refractivity (Wildman–Crippen MR) is 99.4 cm³/mol. The Morgan fingerprint density at radius 2 is 1.64 bits per heavy atom. The van der Waals surface area contributed by atoms with Gasteiger partial charge in [0.25, 0.3) is 0 Å². The van der Waals surface area contributed by atoms with Crippen molar-refractivity contribution in [3.63, 3.8) is 0 Å². The molecule has 0 bridgehead atoms. The molecule has 0 aromatic heterocycles. The number of aliphatic carboxylic acids is 2. The second kappa shape index (κ2) is 13.7. The zero-order chi connectivity index (χ0) is 21.7. The van der Waals surface area contributed by atoms with Gasteiger partial charge in [-0.1, -0.05) is 0 Å². The van der Waals surface area contributed by atoms with Crippen LogP contribution in [-0.4, -0.2) is 88.3 Å². The number of carboxylic acids is 2. The number of carbonyl (C=O) groups is 5. The fourth-order valence-corrected chi connectivity index (χ4v) is 2.40. The van der Waals surface area contributed by atoms with Crippen LogP contribution in [0.4, 0.5) is 0 Å². The molecular weight excluding hydrogens is 396 g/mol. The summed E-state index contributed by atoms with van der Waals surface area (Å²) in [5.74, 6) is -4.36. The molecular formula is C15H26N4O8S. The Balaban J connectivity index is 4.86. The average Bonchev–Trinajstić information content (AvgIpc) is 2.64. The molecule has 0 aromatic rings. The lowest BCUT2D eigenvalue weighted by Crippen LogP contribution is -2.54. The molecule has 0 aliphatic rings. The Labute approximate surface area is 165 Å². The quantitative estimate of drug-likeness (QED) is 0.152. The molecule has 8 N–H and O–H groups in total. The van der Waals surface area contributed by atoms with E-state index in [-0.39, 0.29) is 12.8 Å². The van der Waals surface area contributed by atoms with Gasteiger partial charge in [0.05, 0.1) is 13.2 Å². The summed E-state index contributed by atoms with van der Waals surface area (Å²) in [6.07, 6.45) is 1.21. The van der Waals surface area contributed by atoms with Crippen molar-refractivity contribution in [2.24, 2.45) is 5.73 Å². The predicted octanol–water partition coefficient (Wildman–Crippen LogP) is -2.91. The summed E-state index contributed by atoms with van der Waals surface area (Å²) in [7, 11) is 0. The topological polar surface area (TPSA) is 208 Å². The lowest BCUT2D eigenvalue weighted by atomic mass is 10.1. The van der Waals surface area contributed by atoms with Gasteiger partial charge in [-0.2, -0.15) is 11.8 Å². The summed E-state index contributed by atoms with van der Waals surface area (Å²) >= 11 is 1.40. The number of nitrogens with two attached hydrogens (primary N) is 1. The molecule has 0 saturated heterocycles. The van der Waals surface area contributed by atoms with Gasteiger partial charge in [0.1, 0.15) is 18.1 Å². The molecule has 3 amide bonds. The van der Waals surface area contributed by atoms with Gasteiger partial charge in [-0.25, -0.2) is 4.79 Å². The molecule has 3 atom stereocenters. The first kappa shape index (κ1) is 25.6. The Morgan fingerprint density at radius 1 is 1.00 bits per heavy atom. The maximum Gasteiger partial charge on any atom is 0.326 e. The maximum atomic E-state index is 12.4. The molecule has 3 unspecified atom stereocenters. The zero-order valence-corrected chi connectivity index (χ0v) is 16.2. The molecule has 160 valence electrons. The highest BCUT2D eigenvalue weighted by Gasteiger charge is 2.27. The normalized spacial score (nSPS) is 13.7. The Morgan fingerprint density at radius 3 is 2.14 bits per heavy atom. The highest BCUT2D eigenvalue weighted by molar-refractivity contribution is 7.98. The molecule has 0 fully saturated rings. The van der Waals surface area contributed by atoms with Crippen molar-refractivity contribution in [1.82, 2.24) is 16.0 Å². The molecule has 0 rings (SSSR count). The molecule has 0 heterocycles. The molecule has 12 nitrogen and oxygen atoms in total. The second-order valence-corrected chi connectivity index (χ2v) is 6.73. The molecule has 0 aliphatic carbocycles. The molecule has 13 heteroatoms. The van der Waals surface area contributed by atoms with Crippen LogP contribution in [0.2, 0.25) is 0 Å². The summed E-state index contributed by atoms with van der Waals surface area (Å²) in [4.78, 5) is 57.6. The number of aliphatic hydroxyl groups is 1. The second-order valence-electron chi connectivity index (χ2n) is 5.74. The molecule has 0 radical (unpaired) electrons. The summed E-state index contributed by atoms with van der Waals surface area (Å²) in [5, 5.41) is 33.3. The SMILES string of the molecule is CSCCC(NC(=O)CNC(=O)C(N)CO)C(=O)NC(CCC(=O)O)C(=O)O. The van der Waals surface area contributed by atoms with E-state index < -0.39 is 67.4 Å². The summed E-state index contributed by atoms with van der Waals surface area (Å²) in [6.45, 7) is -1.09. The largest absolute Gasteiger partial charge is 0.481 e. The average molecular weight is 422 g/mol. The molecule has 28 heavy (non-hydrogen) atoms. The fourth-order valence-electron chi connectivity index (χ4n) is 1.93. The summed E-state index contributed by atoms with van der Waals surface area (Å²) < 4.78 is 0. The van der Waals surface area contributed by atoms with E-state index in [1.165, 1.54) is 11.8 Å². The lowest BCUT2D eigenvalue weighted by Gasteiger charge is -2.21. The third-order valence-corrected chi connectivity index (χ3v) is 4.12. The van der Waals surface area contributed by atoms with Crippen LogP contribution < -0.4 is 21.7 Å². The van der Waals surface area contributed by atoms with Crippen LogP contribution in [-0.2, 0) is 24.0 Å². The van der Waals surface area contributed by atoms with Gasteiger partial charge >= 0.3 is 11.9 Å². The van der Waals surface area contributed by atoms with Gasteiger partial charge in [0, 0.05) is 6.42 Å². The van der Waals surface area contributed by atoms with Crippen molar-refractivity contribution < 1.29 is 39.3 Å². The van der Waals surface area contributed by atoms with Gasteiger partial charge in [-0.05, 0) is 24.9 Å². The van der Waals surface area contributed by atoms with Crippen molar-refractivity contribution in [2.45, 2.75) is 37.4 Å². The third-order valence-electron chi connectivity index (χ3n) is 3.48. The van der Waals surface area contributed by atoms with E-state index in [1.54, 1.807) is 6.26 Å². The number of thioether (sulfide) groups is 1. The van der Waals surface area contributed by atoms with Crippen LogP contribution in [0.25, 0.3) is 0 Å². The van der Waals surface area contributed by atoms with Gasteiger partial charge in [-0.15, -0.1) is 0 Å². The van der Waals surface area contributed by atoms with E-state index in [4.69, 9.17) is 21.1 Å². The van der Waals surface area contributed by atoms with E-state index >= 15 is 0 Å². The first-order valence-electron chi connectivity index (χ1n) is 8.29. The van der Waals surface area contributed by atoms with Crippen LogP contribution >= 0.6 is 11.8 Å². The monoisotopic (exact) mass is 422 g/mol. The van der Waals surface area contributed by atoms with Gasteiger partial charge in [0.2, 0.25) is 17.7 Å². The molecule has 0 aliphatic heterocycles. The maximum absolute atomic E-state index is 12.4. The molecule has 0 saturated carbocycles. The standard InChI is InChI=1S/C15H26N4O8S/c1-28-5-4-9(18-11(21)6-17-13(24)8(16)7-20)14(25)19-10(15(26)27)2-3-12(22)23/h8-10,20H,2-7,16H2,1H3,(H,17,24)(H,18,21)(H,19,25)(H,22,23)(H,26,27). The first-order valence-corrected chi connectivity index (χ1v) is 9.69. The number of carbonyl (C=O) groups excluding carboxylic acids is 3. The van der Waals surface area contributed by atoms with Crippen LogP contribution in [0.15, 0.2) is 0 Å². The van der Waals surface area contributed by atoms with Crippen LogP contribution in [0.1, 0.15) is 19.3 Å². The number of hydrogen-bond acceptors (Lipinski definition) is 8. The van der Waals surface area contributed by atoms with Gasteiger partial charge < -0.3 is 37.0 Å². The van der Waals surface area contributed by atoms with Crippen molar-refractivity contribution in [3.8, 4) is 0 Å². The van der Waals surface area contributed by atoms with E-state index in [2.05, 4.69) is 16.0 Å². The number of amides is 3. The van der Waals surface area contributed by atoms with E-state index in [0.29, 0.717) is 5.75 Å². The van der Waals surface area contributed by atoms with Crippen LogP contribution in [0.5, 0.6) is 0 Å². The van der Waals surface area contributed by atoms with Gasteiger partial charge in [0.15, 0.2) is 0 Å². The number of carboxylic acid groups (broad SMARTS) is 2. The zero-order valence-electron chi connectivity index (χ0n) is 15.3. The summed E-state index contributed by atoms with van der Waals surface area (Å²) in [6, 6.07) is -3.68. The van der Waals surface area contributed by atoms with Crippen LogP contribution in [0, 0.1) is 0 Å². The highest BCUT2D eigenvalue weighted by atomic mass is 32.2. The first-order chi connectivity index (χ1) is 13.1. The van der Waals surface area contributed by atoms with E-state index in [1.807, 2.05) is 0 Å². The van der Waals surface area contributed by atoms with Crippen LogP contribution in [0.3, 0.4) is 0 Å². The highest BCUT2D eigenvalue weighted by Crippen LogP contribution is 2.04. The minimum Gasteiger partial charge on any atom is -0.481 e. The van der Waals surface area contributed by atoms with Crippen molar-refractivity contribution in [1.29, 1.82) is 0 Å².